The van der Waals surface area contributed by atoms with Crippen LogP contribution in [0.15, 0.2) is 46.2 Å². The maximum absolute atomic E-state index is 13.7. The monoisotopic (exact) mass is 578 g/mol. The van der Waals surface area contributed by atoms with Crippen molar-refractivity contribution in [2.45, 2.75) is 34.7 Å². The second-order valence-electron chi connectivity index (χ2n) is 7.53. The maximum Gasteiger partial charge on any atom is 0.194 e. The number of nitrogens with zero attached hydrogens (tertiary/aromatic N) is 4. The summed E-state index contributed by atoms with van der Waals surface area (Å²) in [6, 6.07) is 2.27. The molecule has 0 amide bonds. The molecule has 1 aliphatic heterocycles. The lowest BCUT2D eigenvalue weighted by Gasteiger charge is -2.43. The van der Waals surface area contributed by atoms with Crippen LogP contribution in [-0.2, 0) is 9.47 Å². The molecule has 14 heteroatoms. The van der Waals surface area contributed by atoms with Crippen LogP contribution >= 0.6 is 27.7 Å². The van der Waals surface area contributed by atoms with Crippen molar-refractivity contribution in [3.63, 3.8) is 0 Å². The van der Waals surface area contributed by atoms with E-state index in [0.29, 0.717) is 9.37 Å². The van der Waals surface area contributed by atoms with Crippen molar-refractivity contribution in [1.82, 2.24) is 20.0 Å². The number of aromatic nitrogens is 4. The van der Waals surface area contributed by atoms with Gasteiger partial charge in [-0.1, -0.05) is 17.0 Å². The molecule has 35 heavy (non-hydrogen) atoms. The number of rotatable bonds is 8. The van der Waals surface area contributed by atoms with E-state index in [2.05, 4.69) is 31.2 Å². The van der Waals surface area contributed by atoms with Gasteiger partial charge in [-0.3, -0.25) is 4.98 Å². The highest BCUT2D eigenvalue weighted by Crippen LogP contribution is 2.40. The van der Waals surface area contributed by atoms with Gasteiger partial charge in [-0.25, -0.2) is 22.2 Å². The van der Waals surface area contributed by atoms with Crippen LogP contribution in [0, 0.1) is 17.5 Å². The van der Waals surface area contributed by atoms with Gasteiger partial charge in [-0.15, -0.1) is 5.10 Å². The Hall–Kier alpha value is -2.10. The fourth-order valence-corrected chi connectivity index (χ4v) is 5.34. The highest BCUT2D eigenvalue weighted by molar-refractivity contribution is 9.10. The summed E-state index contributed by atoms with van der Waals surface area (Å²) in [6.45, 7) is -1.67. The van der Waals surface area contributed by atoms with Crippen molar-refractivity contribution < 1.29 is 37.2 Å². The summed E-state index contributed by atoms with van der Waals surface area (Å²) in [4.78, 5) is 4.76. The molecule has 1 saturated heterocycles. The molecule has 0 aliphatic carbocycles. The Bertz CT molecular complexity index is 1150. The zero-order valence-electron chi connectivity index (χ0n) is 17.8. The molecule has 3 aromatic rings. The molecule has 188 valence electrons. The van der Waals surface area contributed by atoms with E-state index < -0.39 is 60.5 Å². The van der Waals surface area contributed by atoms with Gasteiger partial charge in [0.15, 0.2) is 17.5 Å². The molecule has 5 atom stereocenters. The predicted molar refractivity (Wildman–Crippen MR) is 120 cm³/mol. The molecule has 8 nitrogen and oxygen atoms in total. The molecule has 0 spiro atoms. The summed E-state index contributed by atoms with van der Waals surface area (Å²) in [6.07, 6.45) is 1.04. The Balaban J connectivity index is 1.70. The molecule has 1 fully saturated rings. The molecule has 1 aliphatic rings. The van der Waals surface area contributed by atoms with Crippen LogP contribution < -0.4 is 0 Å². The van der Waals surface area contributed by atoms with Gasteiger partial charge >= 0.3 is 0 Å². The zero-order valence-corrected chi connectivity index (χ0v) is 20.2. The minimum atomic E-state index is -1.62. The quantitative estimate of drug-likeness (QED) is 0.310. The van der Waals surface area contributed by atoms with Crippen LogP contribution in [0.1, 0.15) is 6.04 Å². The van der Waals surface area contributed by atoms with Crippen molar-refractivity contribution >= 4 is 27.7 Å². The van der Waals surface area contributed by atoms with Gasteiger partial charge in [0, 0.05) is 27.3 Å². The van der Waals surface area contributed by atoms with Crippen LogP contribution in [0.25, 0.3) is 11.3 Å². The first-order valence-electron chi connectivity index (χ1n) is 10.3. The number of alkyl halides is 1. The number of hydrogen-bond acceptors (Lipinski definition) is 8. The number of ether oxygens (including phenoxy) is 2. The summed E-state index contributed by atoms with van der Waals surface area (Å²) < 4.78 is 67.3. The van der Waals surface area contributed by atoms with Gasteiger partial charge in [-0.2, -0.15) is 0 Å². The van der Waals surface area contributed by atoms with Crippen LogP contribution in [0.4, 0.5) is 17.6 Å². The lowest BCUT2D eigenvalue weighted by Crippen LogP contribution is -2.56. The normalized spacial score (nSPS) is 24.6. The Morgan fingerprint density at radius 2 is 1.91 bits per heavy atom. The number of benzene rings is 1. The van der Waals surface area contributed by atoms with E-state index in [9.17, 15) is 27.8 Å². The smallest absolute Gasteiger partial charge is 0.194 e. The van der Waals surface area contributed by atoms with Crippen LogP contribution in [-0.4, -0.2) is 73.8 Å². The third-order valence-electron chi connectivity index (χ3n) is 5.24. The van der Waals surface area contributed by atoms with Gasteiger partial charge in [0.25, 0.3) is 0 Å². The Morgan fingerprint density at radius 1 is 1.17 bits per heavy atom. The molecule has 0 bridgehead atoms. The average Bonchev–Trinajstić information content (AvgIpc) is 3.32. The molecule has 2 N–H and O–H groups in total. The zero-order chi connectivity index (χ0) is 25.1. The molecule has 2 aromatic heterocycles. The highest BCUT2D eigenvalue weighted by atomic mass is 79.9. The van der Waals surface area contributed by atoms with Gasteiger partial charge in [0.1, 0.15) is 42.2 Å². The first-order chi connectivity index (χ1) is 16.8. The first-order valence-corrected chi connectivity index (χ1v) is 12.0. The molecule has 1 aromatic carbocycles. The van der Waals surface area contributed by atoms with Crippen molar-refractivity contribution in [3.05, 3.63) is 58.7 Å². The fraction of sp³-hybridized carbons (Fsp3) is 0.381. The maximum atomic E-state index is 13.7. The summed E-state index contributed by atoms with van der Waals surface area (Å²) >= 11 is 4.51. The average molecular weight is 579 g/mol. The van der Waals surface area contributed by atoms with Gasteiger partial charge in [-0.05, 0) is 34.1 Å². The van der Waals surface area contributed by atoms with E-state index in [4.69, 9.17) is 9.47 Å². The summed E-state index contributed by atoms with van der Waals surface area (Å²) in [5, 5.41) is 28.6. The van der Waals surface area contributed by atoms with Crippen molar-refractivity contribution in [2.75, 3.05) is 19.9 Å². The first kappa shape index (κ1) is 26.0. The lowest BCUT2D eigenvalue weighted by atomic mass is 9.97. The molecule has 0 radical (unpaired) electrons. The van der Waals surface area contributed by atoms with Crippen molar-refractivity contribution in [3.8, 4) is 11.3 Å². The summed E-state index contributed by atoms with van der Waals surface area (Å²) in [5.41, 5.74) is -0.927. The minimum Gasteiger partial charge on any atom is -0.394 e. The number of aliphatic hydroxyl groups is 2. The van der Waals surface area contributed by atoms with Gasteiger partial charge in [0.05, 0.1) is 19.4 Å². The van der Waals surface area contributed by atoms with E-state index in [1.165, 1.54) is 22.6 Å². The molecular formula is C21H19BrF4N4O4S. The number of pyridine rings is 1. The standard InChI is InChI=1S/C21H19BrF4N4O4S/c22-11-5-12(7-27-6-11)35-21-20(33-2-1-23)18(19(32)16(9-31)34-21)30-8-15(28-29-30)10-3-13(24)17(26)14(25)4-10/h3-8,16,18-21,31-32H,1-2,9H2/t16?,18?,19-,20?,21+/m0/s1. The largest absolute Gasteiger partial charge is 0.394 e. The van der Waals surface area contributed by atoms with Gasteiger partial charge < -0.3 is 19.7 Å². The number of thioether (sulfide) groups is 1. The topological polar surface area (TPSA) is 103 Å². The Labute approximate surface area is 209 Å². The summed E-state index contributed by atoms with van der Waals surface area (Å²) in [5.74, 6) is -4.41. The molecule has 4 rings (SSSR count). The molecular weight excluding hydrogens is 560 g/mol. The van der Waals surface area contributed by atoms with E-state index in [1.807, 2.05) is 0 Å². The lowest BCUT2D eigenvalue weighted by molar-refractivity contribution is -0.193. The number of aliphatic hydroxyl groups excluding tert-OH is 2. The summed E-state index contributed by atoms with van der Waals surface area (Å²) in [7, 11) is 0. The third-order valence-corrected chi connectivity index (χ3v) is 6.78. The number of hydrogen-bond donors (Lipinski definition) is 2. The minimum absolute atomic E-state index is 0.00771. The SMILES string of the molecule is OCC1O[C@H](Sc2cncc(Br)c2)C(OCCF)C(n2cc(-c3cc(F)c(F)c(F)c3)nn2)[C@H]1O. The predicted octanol–water partition coefficient (Wildman–Crippen LogP) is 3.29. The van der Waals surface area contributed by atoms with E-state index >= 15 is 0 Å². The van der Waals surface area contributed by atoms with Crippen LogP contribution in [0.2, 0.25) is 0 Å². The van der Waals surface area contributed by atoms with E-state index in [0.717, 1.165) is 12.1 Å². The molecule has 3 heterocycles. The molecule has 0 saturated carbocycles. The highest BCUT2D eigenvalue weighted by Gasteiger charge is 2.48. The molecule has 3 unspecified atom stereocenters. The second kappa shape index (κ2) is 11.3. The van der Waals surface area contributed by atoms with Crippen molar-refractivity contribution in [2.24, 2.45) is 0 Å². The van der Waals surface area contributed by atoms with Gasteiger partial charge in [0.2, 0.25) is 0 Å². The van der Waals surface area contributed by atoms with E-state index in [-0.39, 0.29) is 17.9 Å². The third kappa shape index (κ3) is 5.67. The Kier molecular flexibility index (Phi) is 8.39. The van der Waals surface area contributed by atoms with Crippen LogP contribution in [0.5, 0.6) is 0 Å². The second-order valence-corrected chi connectivity index (χ2v) is 9.61. The number of halogens is 5. The fourth-order valence-electron chi connectivity index (χ4n) is 3.67. The van der Waals surface area contributed by atoms with Crippen LogP contribution in [0.3, 0.4) is 0 Å². The van der Waals surface area contributed by atoms with Crippen molar-refractivity contribution in [1.29, 1.82) is 0 Å². The Morgan fingerprint density at radius 3 is 2.57 bits per heavy atom. The van der Waals surface area contributed by atoms with E-state index in [1.54, 1.807) is 18.5 Å².